The van der Waals surface area contributed by atoms with Crippen LogP contribution in [0.3, 0.4) is 0 Å². The van der Waals surface area contributed by atoms with E-state index >= 15 is 0 Å². The first-order valence-electron chi connectivity index (χ1n) is 5.16. The van der Waals surface area contributed by atoms with E-state index in [1.807, 2.05) is 6.92 Å². The van der Waals surface area contributed by atoms with Crippen LogP contribution >= 0.6 is 0 Å². The Morgan fingerprint density at radius 3 is 2.60 bits per heavy atom. The molecule has 0 unspecified atom stereocenters. The van der Waals surface area contributed by atoms with Crippen LogP contribution in [0.5, 0.6) is 0 Å². The second-order valence-corrected chi connectivity index (χ2v) is 3.54. The molecule has 0 aromatic rings. The fourth-order valence-corrected chi connectivity index (χ4v) is 1.40. The van der Waals surface area contributed by atoms with E-state index in [4.69, 9.17) is 0 Å². The summed E-state index contributed by atoms with van der Waals surface area (Å²) in [7, 11) is 0. The molecule has 0 N–H and O–H groups in total. The predicted octanol–water partition coefficient (Wildman–Crippen LogP) is 1.77. The minimum atomic E-state index is -0.351. The molecule has 0 spiro atoms. The Bertz CT molecular complexity index is 348. The molecule has 80 valence electrons. The molecule has 0 saturated heterocycles. The van der Waals surface area contributed by atoms with Gasteiger partial charge in [0.2, 0.25) is 0 Å². The van der Waals surface area contributed by atoms with Crippen LogP contribution in [0.25, 0.3) is 0 Å². The van der Waals surface area contributed by atoms with E-state index in [1.54, 1.807) is 0 Å². The van der Waals surface area contributed by atoms with Gasteiger partial charge in [0.1, 0.15) is 0 Å². The Morgan fingerprint density at radius 1 is 1.20 bits per heavy atom. The van der Waals surface area contributed by atoms with Gasteiger partial charge in [-0.25, -0.2) is 0 Å². The molecule has 0 aromatic carbocycles. The van der Waals surface area contributed by atoms with E-state index in [2.05, 4.69) is 0 Å². The van der Waals surface area contributed by atoms with Crippen LogP contribution in [-0.2, 0) is 14.4 Å². The smallest absolute Gasteiger partial charge is 0.189 e. The van der Waals surface area contributed by atoms with E-state index < -0.39 is 0 Å². The molecule has 1 rings (SSSR count). The lowest BCUT2D eigenvalue weighted by Crippen LogP contribution is -2.15. The molecule has 1 aliphatic carbocycles. The zero-order valence-electron chi connectivity index (χ0n) is 8.79. The van der Waals surface area contributed by atoms with Crippen molar-refractivity contribution < 1.29 is 14.4 Å². The maximum Gasteiger partial charge on any atom is 0.189 e. The molecular formula is C12H14O3. The summed E-state index contributed by atoms with van der Waals surface area (Å²) < 4.78 is 0. The van der Waals surface area contributed by atoms with E-state index in [1.165, 1.54) is 6.08 Å². The predicted molar refractivity (Wildman–Crippen MR) is 56.4 cm³/mol. The van der Waals surface area contributed by atoms with Crippen molar-refractivity contribution in [3.63, 3.8) is 0 Å². The minimum absolute atomic E-state index is 0.0404. The number of allylic oxidation sites excluding steroid dienone is 4. The van der Waals surface area contributed by atoms with Gasteiger partial charge in [-0.2, -0.15) is 0 Å². The molecule has 1 aliphatic rings. The van der Waals surface area contributed by atoms with Crippen molar-refractivity contribution in [1.29, 1.82) is 0 Å². The first-order valence-corrected chi connectivity index (χ1v) is 5.16. The summed E-state index contributed by atoms with van der Waals surface area (Å²) in [5.41, 5.74) is 0.0404. The van der Waals surface area contributed by atoms with Crippen LogP contribution in [0.4, 0.5) is 0 Å². The van der Waals surface area contributed by atoms with Crippen molar-refractivity contribution in [3.05, 3.63) is 23.8 Å². The van der Waals surface area contributed by atoms with Crippen molar-refractivity contribution >= 4 is 17.3 Å². The van der Waals surface area contributed by atoms with Crippen LogP contribution in [0.1, 0.15) is 32.6 Å². The first kappa shape index (κ1) is 11.6. The molecule has 15 heavy (non-hydrogen) atoms. The van der Waals surface area contributed by atoms with E-state index in [0.29, 0.717) is 6.42 Å². The topological polar surface area (TPSA) is 51.2 Å². The average Bonchev–Trinajstić information content (AvgIpc) is 2.22. The Morgan fingerprint density at radius 2 is 1.93 bits per heavy atom. The number of carbonyl (C=O) groups is 3. The molecule has 0 amide bonds. The second-order valence-electron chi connectivity index (χ2n) is 3.54. The molecular weight excluding hydrogens is 192 g/mol. The summed E-state index contributed by atoms with van der Waals surface area (Å²) in [6, 6.07) is 0. The number of ketones is 3. The highest BCUT2D eigenvalue weighted by Gasteiger charge is 2.19. The number of hydrogen-bond donors (Lipinski definition) is 0. The molecule has 0 heterocycles. The van der Waals surface area contributed by atoms with Gasteiger partial charge in [0.15, 0.2) is 17.3 Å². The van der Waals surface area contributed by atoms with Crippen molar-refractivity contribution in [2.45, 2.75) is 32.6 Å². The van der Waals surface area contributed by atoms with Gasteiger partial charge in [-0.1, -0.05) is 19.8 Å². The number of Topliss-reactive ketones (excluding diaryl/α,β-unsaturated/α-hetero) is 1. The molecule has 0 aromatic heterocycles. The Hall–Kier alpha value is -1.51. The molecule has 0 fully saturated rings. The van der Waals surface area contributed by atoms with Gasteiger partial charge in [-0.05, 0) is 18.6 Å². The van der Waals surface area contributed by atoms with Gasteiger partial charge >= 0.3 is 0 Å². The third kappa shape index (κ3) is 3.27. The summed E-state index contributed by atoms with van der Waals surface area (Å²) in [5, 5.41) is 0. The molecule has 0 bridgehead atoms. The second kappa shape index (κ2) is 5.39. The third-order valence-corrected chi connectivity index (χ3v) is 2.26. The normalized spacial score (nSPS) is 15.4. The Balaban J connectivity index is 2.59. The van der Waals surface area contributed by atoms with E-state index in [9.17, 15) is 14.4 Å². The highest BCUT2D eigenvalue weighted by atomic mass is 16.2. The van der Waals surface area contributed by atoms with Gasteiger partial charge in [0, 0.05) is 12.5 Å². The first-order chi connectivity index (χ1) is 7.15. The summed E-state index contributed by atoms with van der Waals surface area (Å²) in [4.78, 5) is 33.8. The molecule has 3 nitrogen and oxygen atoms in total. The maximum atomic E-state index is 11.6. The average molecular weight is 206 g/mol. The monoisotopic (exact) mass is 206 g/mol. The Labute approximate surface area is 88.9 Å². The van der Waals surface area contributed by atoms with Gasteiger partial charge < -0.3 is 0 Å². The van der Waals surface area contributed by atoms with E-state index in [-0.39, 0.29) is 22.9 Å². The summed E-state index contributed by atoms with van der Waals surface area (Å²) in [5.74, 6) is -0.851. The standard InChI is InChI=1S/C12H14O3/c1-2-3-4-5-11(14)10-8-9(13)6-7-12(10)15/h6-8H,2-5H2,1H3. The SMILES string of the molecule is CCCCCC(=O)C1=CC(=O)C=CC1=O. The summed E-state index contributed by atoms with van der Waals surface area (Å²) in [6.45, 7) is 2.04. The van der Waals surface area contributed by atoms with Gasteiger partial charge in [-0.3, -0.25) is 14.4 Å². The minimum Gasteiger partial charge on any atom is -0.294 e. The van der Waals surface area contributed by atoms with Crippen LogP contribution in [0, 0.1) is 0 Å². The van der Waals surface area contributed by atoms with Crippen LogP contribution in [0.2, 0.25) is 0 Å². The highest BCUT2D eigenvalue weighted by Crippen LogP contribution is 2.11. The zero-order valence-corrected chi connectivity index (χ0v) is 8.79. The number of unbranched alkanes of at least 4 members (excludes halogenated alkanes) is 2. The van der Waals surface area contributed by atoms with Gasteiger partial charge in [0.05, 0.1) is 5.57 Å². The summed E-state index contributed by atoms with van der Waals surface area (Å²) in [6.07, 6.45) is 6.61. The highest BCUT2D eigenvalue weighted by molar-refractivity contribution is 6.30. The zero-order chi connectivity index (χ0) is 11.3. The molecule has 0 radical (unpaired) electrons. The van der Waals surface area contributed by atoms with Gasteiger partial charge in [-0.15, -0.1) is 0 Å². The lowest BCUT2D eigenvalue weighted by atomic mass is 9.96. The number of rotatable bonds is 5. The molecule has 3 heteroatoms. The van der Waals surface area contributed by atoms with Gasteiger partial charge in [0.25, 0.3) is 0 Å². The lowest BCUT2D eigenvalue weighted by molar-refractivity contribution is -0.121. The van der Waals surface area contributed by atoms with E-state index in [0.717, 1.165) is 31.4 Å². The van der Waals surface area contributed by atoms with Crippen LogP contribution < -0.4 is 0 Å². The van der Waals surface area contributed by atoms with Crippen molar-refractivity contribution in [2.24, 2.45) is 0 Å². The van der Waals surface area contributed by atoms with Crippen molar-refractivity contribution in [1.82, 2.24) is 0 Å². The maximum absolute atomic E-state index is 11.6. The lowest BCUT2D eigenvalue weighted by Gasteiger charge is -2.05. The van der Waals surface area contributed by atoms with Crippen LogP contribution in [-0.4, -0.2) is 17.3 Å². The quantitative estimate of drug-likeness (QED) is 0.391. The fourth-order valence-electron chi connectivity index (χ4n) is 1.40. The fraction of sp³-hybridized carbons (Fsp3) is 0.417. The van der Waals surface area contributed by atoms with Crippen molar-refractivity contribution in [2.75, 3.05) is 0 Å². The Kier molecular flexibility index (Phi) is 4.16. The third-order valence-electron chi connectivity index (χ3n) is 2.26. The molecule has 0 atom stereocenters. The van der Waals surface area contributed by atoms with Crippen LogP contribution in [0.15, 0.2) is 23.8 Å². The van der Waals surface area contributed by atoms with Crippen molar-refractivity contribution in [3.8, 4) is 0 Å². The summed E-state index contributed by atoms with van der Waals surface area (Å²) >= 11 is 0. The molecule has 0 saturated carbocycles. The largest absolute Gasteiger partial charge is 0.294 e. The molecule has 0 aliphatic heterocycles. The number of carbonyl (C=O) groups excluding carboxylic acids is 3. The number of hydrogen-bond acceptors (Lipinski definition) is 3.